The van der Waals surface area contributed by atoms with Gasteiger partial charge in [0.1, 0.15) is 6.04 Å². The summed E-state index contributed by atoms with van der Waals surface area (Å²) in [5, 5.41) is 8.87. The summed E-state index contributed by atoms with van der Waals surface area (Å²) in [6, 6.07) is 0.191. The average Bonchev–Trinajstić information content (AvgIpc) is 2.27. The standard InChI is InChI=1S/C9H17NO2/c1-4-7-6(2)5-8(9(11)12)10(7)3/h6-8H,4-5H2,1-3H3,(H,11,12). The summed E-state index contributed by atoms with van der Waals surface area (Å²) in [7, 11) is 1.91. The summed E-state index contributed by atoms with van der Waals surface area (Å²) in [4.78, 5) is 12.8. The van der Waals surface area contributed by atoms with Gasteiger partial charge in [0.05, 0.1) is 0 Å². The highest BCUT2D eigenvalue weighted by Gasteiger charge is 2.38. The molecule has 70 valence electrons. The van der Waals surface area contributed by atoms with E-state index in [1.54, 1.807) is 0 Å². The minimum Gasteiger partial charge on any atom is -0.480 e. The first-order valence-electron chi connectivity index (χ1n) is 4.52. The molecule has 0 aromatic rings. The molecule has 3 unspecified atom stereocenters. The largest absolute Gasteiger partial charge is 0.480 e. The minimum atomic E-state index is -0.680. The van der Waals surface area contributed by atoms with E-state index in [1.165, 1.54) is 0 Å². The molecular formula is C9H17NO2. The molecule has 3 atom stereocenters. The maximum absolute atomic E-state index is 10.8. The van der Waals surface area contributed by atoms with Crippen LogP contribution in [0.2, 0.25) is 0 Å². The van der Waals surface area contributed by atoms with Crippen LogP contribution in [0.15, 0.2) is 0 Å². The van der Waals surface area contributed by atoms with E-state index in [0.717, 1.165) is 12.8 Å². The SMILES string of the molecule is CCC1C(C)CC(C(=O)O)N1C. The first-order valence-corrected chi connectivity index (χ1v) is 4.52. The predicted molar refractivity (Wildman–Crippen MR) is 47.0 cm³/mol. The van der Waals surface area contributed by atoms with Crippen LogP contribution >= 0.6 is 0 Å². The summed E-state index contributed by atoms with van der Waals surface area (Å²) < 4.78 is 0. The van der Waals surface area contributed by atoms with Crippen molar-refractivity contribution in [3.8, 4) is 0 Å². The van der Waals surface area contributed by atoms with Crippen molar-refractivity contribution < 1.29 is 9.90 Å². The Morgan fingerprint density at radius 2 is 2.25 bits per heavy atom. The van der Waals surface area contributed by atoms with E-state index in [-0.39, 0.29) is 6.04 Å². The molecule has 0 aromatic heterocycles. The molecule has 1 aliphatic rings. The van der Waals surface area contributed by atoms with E-state index >= 15 is 0 Å². The lowest BCUT2D eigenvalue weighted by Gasteiger charge is -2.23. The fourth-order valence-corrected chi connectivity index (χ4v) is 2.27. The number of hydrogen-bond acceptors (Lipinski definition) is 2. The van der Waals surface area contributed by atoms with Gasteiger partial charge in [0, 0.05) is 6.04 Å². The van der Waals surface area contributed by atoms with Crippen LogP contribution in [0.1, 0.15) is 26.7 Å². The van der Waals surface area contributed by atoms with E-state index < -0.39 is 5.97 Å². The molecule has 1 N–H and O–H groups in total. The van der Waals surface area contributed by atoms with Gasteiger partial charge in [-0.05, 0) is 25.8 Å². The zero-order chi connectivity index (χ0) is 9.30. The quantitative estimate of drug-likeness (QED) is 0.678. The molecule has 0 aromatic carbocycles. The van der Waals surface area contributed by atoms with Gasteiger partial charge in [0.25, 0.3) is 0 Å². The number of carbonyl (C=O) groups is 1. The molecule has 0 radical (unpaired) electrons. The van der Waals surface area contributed by atoms with Gasteiger partial charge in [0.15, 0.2) is 0 Å². The molecule has 0 bridgehead atoms. The van der Waals surface area contributed by atoms with Gasteiger partial charge >= 0.3 is 5.97 Å². The van der Waals surface area contributed by atoms with Crippen LogP contribution in [0, 0.1) is 5.92 Å². The maximum atomic E-state index is 10.8. The topological polar surface area (TPSA) is 40.5 Å². The van der Waals surface area contributed by atoms with Crippen LogP contribution in [-0.4, -0.2) is 35.1 Å². The summed E-state index contributed by atoms with van der Waals surface area (Å²) >= 11 is 0. The second kappa shape index (κ2) is 3.44. The van der Waals surface area contributed by atoms with Crippen molar-refractivity contribution in [2.45, 2.75) is 38.8 Å². The highest BCUT2D eigenvalue weighted by atomic mass is 16.4. The van der Waals surface area contributed by atoms with Gasteiger partial charge < -0.3 is 5.11 Å². The molecule has 0 saturated carbocycles. The third-order valence-corrected chi connectivity index (χ3v) is 2.97. The van der Waals surface area contributed by atoms with Gasteiger partial charge in [-0.2, -0.15) is 0 Å². The van der Waals surface area contributed by atoms with Crippen LogP contribution < -0.4 is 0 Å². The van der Waals surface area contributed by atoms with Crippen LogP contribution in [0.25, 0.3) is 0 Å². The Labute approximate surface area is 73.4 Å². The Kier molecular flexibility index (Phi) is 2.73. The number of carboxylic acids is 1. The van der Waals surface area contributed by atoms with Gasteiger partial charge in [-0.3, -0.25) is 9.69 Å². The lowest BCUT2D eigenvalue weighted by Crippen LogP contribution is -2.37. The highest BCUT2D eigenvalue weighted by Crippen LogP contribution is 2.29. The maximum Gasteiger partial charge on any atom is 0.320 e. The molecule has 1 saturated heterocycles. The lowest BCUT2D eigenvalue weighted by atomic mass is 10.00. The fraction of sp³-hybridized carbons (Fsp3) is 0.889. The van der Waals surface area contributed by atoms with Crippen molar-refractivity contribution in [3.05, 3.63) is 0 Å². The fourth-order valence-electron chi connectivity index (χ4n) is 2.27. The van der Waals surface area contributed by atoms with Gasteiger partial charge in [-0.15, -0.1) is 0 Å². The summed E-state index contributed by atoms with van der Waals surface area (Å²) in [6.45, 7) is 4.25. The predicted octanol–water partition coefficient (Wildman–Crippen LogP) is 1.19. The van der Waals surface area contributed by atoms with E-state index in [4.69, 9.17) is 5.11 Å². The Morgan fingerprint density at radius 1 is 1.67 bits per heavy atom. The Morgan fingerprint density at radius 3 is 2.50 bits per heavy atom. The molecule has 0 aliphatic carbocycles. The summed E-state index contributed by atoms with van der Waals surface area (Å²) in [6.07, 6.45) is 1.84. The second-order valence-corrected chi connectivity index (χ2v) is 3.71. The number of likely N-dealkylation sites (tertiary alicyclic amines) is 1. The van der Waals surface area contributed by atoms with Crippen molar-refractivity contribution in [2.75, 3.05) is 7.05 Å². The molecule has 1 rings (SSSR count). The zero-order valence-corrected chi connectivity index (χ0v) is 7.95. The van der Waals surface area contributed by atoms with Gasteiger partial charge in [-0.25, -0.2) is 0 Å². The Hall–Kier alpha value is -0.570. The second-order valence-electron chi connectivity index (χ2n) is 3.71. The van der Waals surface area contributed by atoms with Gasteiger partial charge in [0.2, 0.25) is 0 Å². The monoisotopic (exact) mass is 171 g/mol. The van der Waals surface area contributed by atoms with Crippen molar-refractivity contribution in [2.24, 2.45) is 5.92 Å². The molecule has 3 heteroatoms. The van der Waals surface area contributed by atoms with E-state index in [9.17, 15) is 4.79 Å². The van der Waals surface area contributed by atoms with E-state index in [2.05, 4.69) is 13.8 Å². The first-order chi connectivity index (χ1) is 5.57. The highest BCUT2D eigenvalue weighted by molar-refractivity contribution is 5.73. The molecule has 0 amide bonds. The van der Waals surface area contributed by atoms with E-state index in [0.29, 0.717) is 12.0 Å². The molecule has 0 spiro atoms. The number of rotatable bonds is 2. The zero-order valence-electron chi connectivity index (χ0n) is 7.95. The van der Waals surface area contributed by atoms with Crippen molar-refractivity contribution in [3.63, 3.8) is 0 Å². The number of aliphatic carboxylic acids is 1. The Bertz CT molecular complexity index is 181. The molecule has 12 heavy (non-hydrogen) atoms. The average molecular weight is 171 g/mol. The summed E-state index contributed by atoms with van der Waals surface area (Å²) in [5.74, 6) is -0.165. The lowest BCUT2D eigenvalue weighted by molar-refractivity contribution is -0.142. The van der Waals surface area contributed by atoms with E-state index in [1.807, 2.05) is 11.9 Å². The number of likely N-dealkylation sites (N-methyl/N-ethyl adjacent to an activating group) is 1. The molecule has 1 heterocycles. The third-order valence-electron chi connectivity index (χ3n) is 2.97. The number of nitrogens with zero attached hydrogens (tertiary/aromatic N) is 1. The van der Waals surface area contributed by atoms with Crippen molar-refractivity contribution in [1.82, 2.24) is 4.90 Å². The van der Waals surface area contributed by atoms with Crippen LogP contribution in [0.3, 0.4) is 0 Å². The normalized spacial score (nSPS) is 37.1. The molecule has 3 nitrogen and oxygen atoms in total. The van der Waals surface area contributed by atoms with Crippen molar-refractivity contribution in [1.29, 1.82) is 0 Å². The Balaban J connectivity index is 2.68. The number of carboxylic acid groups (broad SMARTS) is 1. The smallest absolute Gasteiger partial charge is 0.320 e. The van der Waals surface area contributed by atoms with Crippen molar-refractivity contribution >= 4 is 5.97 Å². The number of hydrogen-bond donors (Lipinski definition) is 1. The molecular weight excluding hydrogens is 154 g/mol. The first kappa shape index (κ1) is 9.52. The summed E-state index contributed by atoms with van der Waals surface area (Å²) in [5.41, 5.74) is 0. The van der Waals surface area contributed by atoms with Crippen LogP contribution in [-0.2, 0) is 4.79 Å². The minimum absolute atomic E-state index is 0.259. The third kappa shape index (κ3) is 1.46. The van der Waals surface area contributed by atoms with Crippen LogP contribution in [0.4, 0.5) is 0 Å². The van der Waals surface area contributed by atoms with Crippen LogP contribution in [0.5, 0.6) is 0 Å². The molecule has 1 aliphatic heterocycles. The molecule has 1 fully saturated rings. The van der Waals surface area contributed by atoms with Gasteiger partial charge in [-0.1, -0.05) is 13.8 Å².